The first-order valence-corrected chi connectivity index (χ1v) is 14.0. The van der Waals surface area contributed by atoms with E-state index in [1.807, 2.05) is 6.07 Å². The molecular formula is C26H27F5N4O5S. The van der Waals surface area contributed by atoms with Crippen LogP contribution in [0, 0.1) is 18.6 Å². The van der Waals surface area contributed by atoms with Crippen LogP contribution in [0.15, 0.2) is 52.1 Å². The average Bonchev–Trinajstić information content (AvgIpc) is 3.64. The highest BCUT2D eigenvalue weighted by Crippen LogP contribution is 2.39. The molecule has 15 heteroatoms. The number of anilines is 2. The first-order chi connectivity index (χ1) is 19.3. The van der Waals surface area contributed by atoms with E-state index in [-0.39, 0.29) is 23.7 Å². The predicted molar refractivity (Wildman–Crippen MR) is 137 cm³/mol. The second-order valence-corrected chi connectivity index (χ2v) is 11.4. The summed E-state index contributed by atoms with van der Waals surface area (Å²) in [5.41, 5.74) is 1.98. The van der Waals surface area contributed by atoms with Crippen LogP contribution in [0.1, 0.15) is 42.4 Å². The number of rotatable bonds is 8. The minimum absolute atomic E-state index is 0.0437. The molecule has 41 heavy (non-hydrogen) atoms. The van der Waals surface area contributed by atoms with Crippen LogP contribution >= 0.6 is 0 Å². The van der Waals surface area contributed by atoms with Gasteiger partial charge in [-0.1, -0.05) is 17.3 Å². The molecule has 0 amide bonds. The number of alkyl halides is 3. The number of halogens is 5. The van der Waals surface area contributed by atoms with Crippen LogP contribution in [-0.4, -0.2) is 47.8 Å². The molecule has 2 saturated heterocycles. The molecule has 9 nitrogen and oxygen atoms in total. The highest BCUT2D eigenvalue weighted by atomic mass is 32.2. The molecule has 3 aromatic rings. The lowest BCUT2D eigenvalue weighted by Gasteiger charge is -2.23. The Morgan fingerprint density at radius 3 is 2.29 bits per heavy atom. The summed E-state index contributed by atoms with van der Waals surface area (Å²) in [4.78, 5) is 10.9. The van der Waals surface area contributed by atoms with E-state index < -0.39 is 32.9 Å². The van der Waals surface area contributed by atoms with Gasteiger partial charge in [-0.05, 0) is 56.4 Å². The molecule has 3 N–H and O–H groups in total. The summed E-state index contributed by atoms with van der Waals surface area (Å²) in [5.74, 6) is -4.00. The fourth-order valence-corrected chi connectivity index (χ4v) is 6.25. The van der Waals surface area contributed by atoms with Gasteiger partial charge in [-0.15, -0.1) is 0 Å². The van der Waals surface area contributed by atoms with Gasteiger partial charge in [0.25, 0.3) is 10.0 Å². The molecule has 2 aliphatic rings. The first-order valence-electron chi connectivity index (χ1n) is 12.6. The smallest absolute Gasteiger partial charge is 0.475 e. The second-order valence-electron chi connectivity index (χ2n) is 9.71. The quantitative estimate of drug-likeness (QED) is 0.292. The Morgan fingerprint density at radius 2 is 1.73 bits per heavy atom. The normalized spacial score (nSPS) is 18.6. The molecule has 2 aromatic carbocycles. The van der Waals surface area contributed by atoms with Crippen molar-refractivity contribution >= 4 is 27.5 Å². The Hall–Kier alpha value is -3.72. The van der Waals surface area contributed by atoms with Gasteiger partial charge in [0.2, 0.25) is 0 Å². The number of nitrogens with zero attached hydrogens (tertiary/aromatic N) is 2. The van der Waals surface area contributed by atoms with Gasteiger partial charge in [0, 0.05) is 48.1 Å². The summed E-state index contributed by atoms with van der Waals surface area (Å²) in [6.07, 6.45) is 0.928. The summed E-state index contributed by atoms with van der Waals surface area (Å²) in [7, 11) is -4.19. The van der Waals surface area contributed by atoms with Crippen molar-refractivity contribution < 1.29 is 44.8 Å². The maximum Gasteiger partial charge on any atom is 0.490 e. The van der Waals surface area contributed by atoms with E-state index in [0.717, 1.165) is 5.56 Å². The summed E-state index contributed by atoms with van der Waals surface area (Å²) >= 11 is 0. The number of carbonyl (C=O) groups is 1. The number of sulfonamides is 1. The minimum atomic E-state index is -5.08. The molecule has 3 heterocycles. The third kappa shape index (κ3) is 6.96. The Balaban J connectivity index is 0.000000493. The van der Waals surface area contributed by atoms with E-state index >= 15 is 4.39 Å². The molecule has 0 spiro atoms. The van der Waals surface area contributed by atoms with Crippen LogP contribution < -0.4 is 10.0 Å². The summed E-state index contributed by atoms with van der Waals surface area (Å²) in [5, 5.41) is 13.7. The van der Waals surface area contributed by atoms with Crippen LogP contribution in [0.5, 0.6) is 0 Å². The molecule has 0 saturated carbocycles. The van der Waals surface area contributed by atoms with Gasteiger partial charge in [-0.25, -0.2) is 22.0 Å². The largest absolute Gasteiger partial charge is 0.490 e. The molecule has 2 aliphatic heterocycles. The number of hydrogen-bond acceptors (Lipinski definition) is 7. The van der Waals surface area contributed by atoms with Crippen LogP contribution in [-0.2, 0) is 27.9 Å². The lowest BCUT2D eigenvalue weighted by atomic mass is 10.0. The number of aliphatic carboxylic acids is 1. The molecule has 1 aromatic heterocycles. The number of aromatic nitrogens is 1. The number of nitrogens with one attached hydrogen (secondary N) is 2. The number of fused-ring (bicyclic) bond motifs is 2. The molecule has 0 radical (unpaired) electrons. The van der Waals surface area contributed by atoms with Crippen LogP contribution in [0.3, 0.4) is 0 Å². The molecule has 0 unspecified atom stereocenters. The topological polar surface area (TPSA) is 125 Å². The summed E-state index contributed by atoms with van der Waals surface area (Å²) < 4.78 is 93.5. The van der Waals surface area contributed by atoms with Gasteiger partial charge in [0.1, 0.15) is 22.8 Å². The zero-order chi connectivity index (χ0) is 29.9. The predicted octanol–water partition coefficient (Wildman–Crippen LogP) is 5.43. The zero-order valence-electron chi connectivity index (χ0n) is 21.7. The third-order valence-corrected chi connectivity index (χ3v) is 8.56. The van der Waals surface area contributed by atoms with Gasteiger partial charge in [0.15, 0.2) is 5.82 Å². The maximum atomic E-state index is 15.1. The minimum Gasteiger partial charge on any atom is -0.475 e. The fraction of sp³-hybridized carbons (Fsp3) is 0.385. The van der Waals surface area contributed by atoms with Gasteiger partial charge < -0.3 is 14.9 Å². The Bertz CT molecular complexity index is 1480. The van der Waals surface area contributed by atoms with Crippen molar-refractivity contribution in [3.8, 4) is 0 Å². The Morgan fingerprint density at radius 1 is 1.10 bits per heavy atom. The lowest BCUT2D eigenvalue weighted by molar-refractivity contribution is -0.192. The van der Waals surface area contributed by atoms with Crippen LogP contribution in [0.2, 0.25) is 0 Å². The third-order valence-electron chi connectivity index (χ3n) is 7.19. The van der Waals surface area contributed by atoms with Crippen molar-refractivity contribution in [2.45, 2.75) is 68.9 Å². The molecule has 0 aliphatic carbocycles. The number of carboxylic acids is 1. The molecule has 222 valence electrons. The Labute approximate surface area is 232 Å². The van der Waals surface area contributed by atoms with Crippen molar-refractivity contribution in [2.24, 2.45) is 0 Å². The summed E-state index contributed by atoms with van der Waals surface area (Å²) in [6, 6.07) is 10.2. The van der Waals surface area contributed by atoms with Crippen molar-refractivity contribution in [1.29, 1.82) is 0 Å². The SMILES string of the molecule is Cc1c(NCc2c(F)cccc2CN2C3CCC2CC3)ccc(S(=O)(=O)Nc2ccon2)c1F.O=C(O)C(F)(F)F. The van der Waals surface area contributed by atoms with E-state index in [2.05, 4.69) is 24.6 Å². The van der Waals surface area contributed by atoms with Gasteiger partial charge in [-0.3, -0.25) is 9.62 Å². The van der Waals surface area contributed by atoms with Gasteiger partial charge in [-0.2, -0.15) is 13.2 Å². The highest BCUT2D eigenvalue weighted by molar-refractivity contribution is 7.92. The zero-order valence-corrected chi connectivity index (χ0v) is 22.5. The maximum absolute atomic E-state index is 15.1. The molecule has 2 fully saturated rings. The van der Waals surface area contributed by atoms with Crippen LogP contribution in [0.4, 0.5) is 33.5 Å². The monoisotopic (exact) mass is 602 g/mol. The number of carboxylic acid groups (broad SMARTS) is 1. The van der Waals surface area contributed by atoms with E-state index in [1.165, 1.54) is 63.1 Å². The standard InChI is InChI=1S/C24H26F2N4O3S.C2HF3O2/c1-15-21(9-10-22(24(15)26)34(31,32)29-23-11-12-33-28-23)27-13-19-16(3-2-4-20(19)25)14-30-17-5-6-18(30)8-7-17;3-2(4,5)1(6)7/h2-4,9-12,17-18,27H,5-8,13-14H2,1H3,(H,28,29);(H,6,7). The van der Waals surface area contributed by atoms with E-state index in [4.69, 9.17) is 9.90 Å². The number of benzene rings is 2. The lowest BCUT2D eigenvalue weighted by Crippen LogP contribution is -2.28. The molecular weight excluding hydrogens is 575 g/mol. The van der Waals surface area contributed by atoms with Crippen LogP contribution in [0.25, 0.3) is 0 Å². The van der Waals surface area contributed by atoms with Crippen molar-refractivity contribution in [2.75, 3.05) is 10.0 Å². The second kappa shape index (κ2) is 12.0. The Kier molecular flexibility index (Phi) is 8.87. The van der Waals surface area contributed by atoms with Gasteiger partial charge in [0.05, 0.1) is 0 Å². The fourth-order valence-electron chi connectivity index (χ4n) is 5.12. The van der Waals surface area contributed by atoms with E-state index in [9.17, 15) is 26.0 Å². The highest BCUT2D eigenvalue weighted by Gasteiger charge is 2.39. The van der Waals surface area contributed by atoms with E-state index in [1.54, 1.807) is 6.07 Å². The number of hydrogen-bond donors (Lipinski definition) is 3. The first kappa shape index (κ1) is 30.2. The molecule has 5 rings (SSSR count). The van der Waals surface area contributed by atoms with Crippen molar-refractivity contribution in [1.82, 2.24) is 10.1 Å². The van der Waals surface area contributed by atoms with Gasteiger partial charge >= 0.3 is 12.1 Å². The molecule has 0 atom stereocenters. The molecule has 2 bridgehead atoms. The van der Waals surface area contributed by atoms with Crippen molar-refractivity contribution in [3.63, 3.8) is 0 Å². The van der Waals surface area contributed by atoms with Crippen molar-refractivity contribution in [3.05, 3.63) is 71.0 Å². The van der Waals surface area contributed by atoms with E-state index in [0.29, 0.717) is 29.9 Å². The summed E-state index contributed by atoms with van der Waals surface area (Å²) in [6.45, 7) is 2.34. The average molecular weight is 603 g/mol.